The van der Waals surface area contributed by atoms with Gasteiger partial charge in [-0.3, -0.25) is 0 Å². The summed E-state index contributed by atoms with van der Waals surface area (Å²) in [4.78, 5) is 4.43. The molecule has 2 N–H and O–H groups in total. The number of nitrogens with zero attached hydrogens (tertiary/aromatic N) is 2. The third kappa shape index (κ3) is 3.04. The minimum atomic E-state index is -0.495. The standard InChI is InChI=1S/C14H15Cl2N3O2.ClH/c1-20-11-7-10(16)9(15)6-8(11)12-18-13(19-21-12)14(17)4-2-3-5-14;/h6-7H,2-5,17H2,1H3;1H. The number of nitrogens with two attached hydrogens (primary N) is 1. The van der Waals surface area contributed by atoms with Gasteiger partial charge in [0.25, 0.3) is 5.89 Å². The van der Waals surface area contributed by atoms with Crippen molar-refractivity contribution in [2.75, 3.05) is 7.11 Å². The lowest BCUT2D eigenvalue weighted by atomic mass is 9.99. The second-order valence-corrected chi connectivity index (χ2v) is 6.07. The van der Waals surface area contributed by atoms with Gasteiger partial charge in [0.05, 0.1) is 28.3 Å². The van der Waals surface area contributed by atoms with Crippen LogP contribution in [0.15, 0.2) is 16.7 Å². The minimum Gasteiger partial charge on any atom is -0.496 e. The van der Waals surface area contributed by atoms with Crippen LogP contribution in [0.2, 0.25) is 10.0 Å². The van der Waals surface area contributed by atoms with Gasteiger partial charge in [0.1, 0.15) is 5.75 Å². The molecule has 0 spiro atoms. The Morgan fingerprint density at radius 2 is 1.86 bits per heavy atom. The predicted octanol–water partition coefficient (Wildman–Crippen LogP) is 4.20. The van der Waals surface area contributed by atoms with Crippen molar-refractivity contribution in [3.05, 3.63) is 28.0 Å². The molecule has 1 fully saturated rings. The summed E-state index contributed by atoms with van der Waals surface area (Å²) in [6.45, 7) is 0. The quantitative estimate of drug-likeness (QED) is 0.883. The molecular formula is C14H16Cl3N3O2. The maximum absolute atomic E-state index is 6.33. The van der Waals surface area contributed by atoms with Gasteiger partial charge >= 0.3 is 0 Å². The number of rotatable bonds is 3. The zero-order chi connectivity index (χ0) is 15.0. The largest absolute Gasteiger partial charge is 0.496 e. The van der Waals surface area contributed by atoms with Crippen molar-refractivity contribution in [2.45, 2.75) is 31.2 Å². The molecule has 0 unspecified atom stereocenters. The summed E-state index contributed by atoms with van der Waals surface area (Å²) in [6, 6.07) is 3.27. The fourth-order valence-electron chi connectivity index (χ4n) is 2.63. The molecular weight excluding hydrogens is 349 g/mol. The Morgan fingerprint density at radius 3 is 2.50 bits per heavy atom. The Labute approximate surface area is 144 Å². The van der Waals surface area contributed by atoms with Gasteiger partial charge in [-0.05, 0) is 18.9 Å². The van der Waals surface area contributed by atoms with Crippen molar-refractivity contribution < 1.29 is 9.26 Å². The van der Waals surface area contributed by atoms with E-state index in [9.17, 15) is 0 Å². The number of aromatic nitrogens is 2. The van der Waals surface area contributed by atoms with Crippen LogP contribution in [-0.4, -0.2) is 17.3 Å². The van der Waals surface area contributed by atoms with Crippen LogP contribution in [0.4, 0.5) is 0 Å². The fraction of sp³-hybridized carbons (Fsp3) is 0.429. The molecule has 1 aromatic heterocycles. The molecule has 3 rings (SSSR count). The number of benzene rings is 1. The summed E-state index contributed by atoms with van der Waals surface area (Å²) in [6.07, 6.45) is 3.89. The van der Waals surface area contributed by atoms with E-state index in [2.05, 4.69) is 10.1 Å². The minimum absolute atomic E-state index is 0. The smallest absolute Gasteiger partial charge is 0.261 e. The van der Waals surface area contributed by atoms with E-state index >= 15 is 0 Å². The van der Waals surface area contributed by atoms with Crippen LogP contribution in [0.5, 0.6) is 5.75 Å². The molecule has 0 amide bonds. The first-order chi connectivity index (χ1) is 10.0. The summed E-state index contributed by atoms with van der Waals surface area (Å²) in [5.74, 6) is 1.39. The van der Waals surface area contributed by atoms with E-state index in [4.69, 9.17) is 38.2 Å². The van der Waals surface area contributed by atoms with Gasteiger partial charge in [-0.1, -0.05) is 41.2 Å². The Balaban J connectivity index is 0.00000176. The van der Waals surface area contributed by atoms with Crippen molar-refractivity contribution in [1.29, 1.82) is 0 Å². The summed E-state index contributed by atoms with van der Waals surface area (Å²) in [7, 11) is 1.54. The van der Waals surface area contributed by atoms with Gasteiger partial charge in [-0.15, -0.1) is 12.4 Å². The normalized spacial score (nSPS) is 16.4. The average Bonchev–Trinajstić information content (AvgIpc) is 3.11. The lowest BCUT2D eigenvalue weighted by Crippen LogP contribution is -2.34. The molecule has 1 saturated carbocycles. The molecule has 1 aliphatic rings. The van der Waals surface area contributed by atoms with E-state index in [-0.39, 0.29) is 12.4 Å². The number of halogens is 3. The third-order valence-corrected chi connectivity index (χ3v) is 4.56. The number of hydrogen-bond donors (Lipinski definition) is 1. The van der Waals surface area contributed by atoms with Gasteiger partial charge in [0.2, 0.25) is 0 Å². The molecule has 1 aromatic carbocycles. The number of ether oxygens (including phenoxy) is 1. The Hall–Kier alpha value is -1.01. The Bertz CT molecular complexity index is 669. The summed E-state index contributed by atoms with van der Waals surface area (Å²) < 4.78 is 10.6. The molecule has 22 heavy (non-hydrogen) atoms. The zero-order valence-electron chi connectivity index (χ0n) is 11.9. The zero-order valence-corrected chi connectivity index (χ0v) is 14.3. The summed E-state index contributed by atoms with van der Waals surface area (Å²) in [5, 5.41) is 4.84. The van der Waals surface area contributed by atoms with Crippen molar-refractivity contribution in [3.8, 4) is 17.2 Å². The van der Waals surface area contributed by atoms with Crippen molar-refractivity contribution >= 4 is 35.6 Å². The van der Waals surface area contributed by atoms with Gasteiger partial charge in [0, 0.05) is 6.07 Å². The molecule has 0 radical (unpaired) electrons. The lowest BCUT2D eigenvalue weighted by Gasteiger charge is -2.17. The maximum Gasteiger partial charge on any atom is 0.261 e. The highest BCUT2D eigenvalue weighted by Crippen LogP contribution is 2.39. The van der Waals surface area contributed by atoms with E-state index in [1.54, 1.807) is 19.2 Å². The van der Waals surface area contributed by atoms with Crippen LogP contribution in [0.3, 0.4) is 0 Å². The van der Waals surface area contributed by atoms with Crippen LogP contribution in [0.25, 0.3) is 11.5 Å². The third-order valence-electron chi connectivity index (χ3n) is 3.84. The van der Waals surface area contributed by atoms with Gasteiger partial charge < -0.3 is 15.0 Å². The van der Waals surface area contributed by atoms with Crippen LogP contribution in [0, 0.1) is 0 Å². The number of methoxy groups -OCH3 is 1. The van der Waals surface area contributed by atoms with Crippen molar-refractivity contribution in [1.82, 2.24) is 10.1 Å². The van der Waals surface area contributed by atoms with E-state index in [1.165, 1.54) is 0 Å². The molecule has 0 aliphatic heterocycles. The van der Waals surface area contributed by atoms with Gasteiger partial charge in [-0.25, -0.2) is 0 Å². The average molecular weight is 365 g/mol. The molecule has 1 aliphatic carbocycles. The van der Waals surface area contributed by atoms with Crippen molar-refractivity contribution in [2.24, 2.45) is 5.73 Å². The van der Waals surface area contributed by atoms with E-state index < -0.39 is 5.54 Å². The molecule has 0 bridgehead atoms. The summed E-state index contributed by atoms with van der Waals surface area (Å²) in [5.41, 5.74) is 6.44. The molecule has 2 aromatic rings. The first kappa shape index (κ1) is 17.3. The van der Waals surface area contributed by atoms with E-state index in [0.29, 0.717) is 33.1 Å². The van der Waals surface area contributed by atoms with E-state index in [1.807, 2.05) is 0 Å². The Morgan fingerprint density at radius 1 is 1.23 bits per heavy atom. The fourth-order valence-corrected chi connectivity index (χ4v) is 2.95. The first-order valence-corrected chi connectivity index (χ1v) is 7.45. The van der Waals surface area contributed by atoms with Crippen LogP contribution < -0.4 is 10.5 Å². The summed E-state index contributed by atoms with van der Waals surface area (Å²) >= 11 is 12.0. The molecule has 1 heterocycles. The second kappa shape index (κ2) is 6.62. The molecule has 0 saturated heterocycles. The van der Waals surface area contributed by atoms with Crippen LogP contribution in [-0.2, 0) is 5.54 Å². The molecule has 120 valence electrons. The number of hydrogen-bond acceptors (Lipinski definition) is 5. The van der Waals surface area contributed by atoms with E-state index in [0.717, 1.165) is 25.7 Å². The maximum atomic E-state index is 6.33. The molecule has 5 nitrogen and oxygen atoms in total. The SMILES string of the molecule is COc1cc(Cl)c(Cl)cc1-c1nc(C2(N)CCCC2)no1.Cl. The molecule has 8 heteroatoms. The van der Waals surface area contributed by atoms with Crippen molar-refractivity contribution in [3.63, 3.8) is 0 Å². The van der Waals surface area contributed by atoms with Gasteiger partial charge in [-0.2, -0.15) is 4.98 Å². The highest BCUT2D eigenvalue weighted by Gasteiger charge is 2.36. The predicted molar refractivity (Wildman–Crippen MR) is 87.9 cm³/mol. The topological polar surface area (TPSA) is 74.2 Å². The second-order valence-electron chi connectivity index (χ2n) is 5.25. The molecule has 0 atom stereocenters. The first-order valence-electron chi connectivity index (χ1n) is 6.70. The van der Waals surface area contributed by atoms with Crippen LogP contribution in [0.1, 0.15) is 31.5 Å². The monoisotopic (exact) mass is 363 g/mol. The highest BCUT2D eigenvalue weighted by atomic mass is 35.5. The van der Waals surface area contributed by atoms with Gasteiger partial charge in [0.15, 0.2) is 5.82 Å². The van der Waals surface area contributed by atoms with Crippen LogP contribution >= 0.6 is 35.6 Å². The lowest BCUT2D eigenvalue weighted by molar-refractivity contribution is 0.370. The Kier molecular flexibility index (Phi) is 5.22. The highest BCUT2D eigenvalue weighted by molar-refractivity contribution is 6.42.